The Bertz CT molecular complexity index is 1270. The predicted molar refractivity (Wildman–Crippen MR) is 152 cm³/mol. The van der Waals surface area contributed by atoms with Gasteiger partial charge in [0.2, 0.25) is 0 Å². The number of nitrogens with zero attached hydrogens (tertiary/aromatic N) is 2. The first kappa shape index (κ1) is 27.6. The number of Topliss-reactive ketones (excluding diaryl/α,β-unsaturated/α-hetero) is 1. The van der Waals surface area contributed by atoms with E-state index in [9.17, 15) is 9.90 Å². The molecule has 0 saturated heterocycles. The van der Waals surface area contributed by atoms with E-state index in [1.54, 1.807) is 25.3 Å². The molecule has 8 heteroatoms. The third-order valence-electron chi connectivity index (χ3n) is 7.40. The quantitative estimate of drug-likeness (QED) is 0.214. The van der Waals surface area contributed by atoms with Crippen molar-refractivity contribution in [2.24, 2.45) is 0 Å². The van der Waals surface area contributed by atoms with Gasteiger partial charge < -0.3 is 15.2 Å². The topological polar surface area (TPSA) is 74.7 Å². The number of anilines is 1. The van der Waals surface area contributed by atoms with Gasteiger partial charge in [0.15, 0.2) is 17.3 Å². The lowest BCUT2D eigenvalue weighted by Crippen LogP contribution is -2.60. The molecule has 3 aromatic rings. The summed E-state index contributed by atoms with van der Waals surface area (Å²) < 4.78 is 6.57. The highest BCUT2D eigenvalue weighted by molar-refractivity contribution is 6.37. The van der Waals surface area contributed by atoms with Crippen LogP contribution in [-0.2, 0) is 4.74 Å². The SMILES string of the molecule is CCOC1(Nc2c(C(C)=O)cnc3ccc(-c4cc(Cl)c(O)c(Cl)c4)cc23)CCCCC1N(CC)CC. The molecule has 0 spiro atoms. The van der Waals surface area contributed by atoms with Crippen LogP contribution in [0.25, 0.3) is 22.0 Å². The van der Waals surface area contributed by atoms with E-state index in [2.05, 4.69) is 29.0 Å². The third kappa shape index (κ3) is 5.44. The summed E-state index contributed by atoms with van der Waals surface area (Å²) in [7, 11) is 0. The second kappa shape index (κ2) is 11.6. The van der Waals surface area contributed by atoms with Gasteiger partial charge in [-0.1, -0.05) is 49.5 Å². The number of fused-ring (bicyclic) bond motifs is 1. The number of benzene rings is 2. The van der Waals surface area contributed by atoms with Crippen molar-refractivity contribution in [3.63, 3.8) is 0 Å². The zero-order valence-electron chi connectivity index (χ0n) is 21.9. The van der Waals surface area contributed by atoms with E-state index in [1.165, 1.54) is 0 Å². The average Bonchev–Trinajstić information content (AvgIpc) is 2.88. The van der Waals surface area contributed by atoms with Crippen LogP contribution in [0.15, 0.2) is 36.5 Å². The Morgan fingerprint density at radius 2 is 1.84 bits per heavy atom. The fourth-order valence-corrected chi connectivity index (χ4v) is 6.08. The van der Waals surface area contributed by atoms with E-state index in [-0.39, 0.29) is 27.6 Å². The summed E-state index contributed by atoms with van der Waals surface area (Å²) >= 11 is 12.4. The van der Waals surface area contributed by atoms with Crippen LogP contribution in [0.5, 0.6) is 5.75 Å². The van der Waals surface area contributed by atoms with Gasteiger partial charge in [-0.05, 0) is 81.6 Å². The summed E-state index contributed by atoms with van der Waals surface area (Å²) in [5, 5.41) is 15.0. The molecule has 1 aliphatic carbocycles. The van der Waals surface area contributed by atoms with Gasteiger partial charge in [0.25, 0.3) is 0 Å². The first-order valence-electron chi connectivity index (χ1n) is 13.0. The van der Waals surface area contributed by atoms with Crippen molar-refractivity contribution in [3.05, 3.63) is 52.1 Å². The number of hydrogen-bond acceptors (Lipinski definition) is 6. The number of likely N-dealkylation sites (N-methyl/N-ethyl adjacent to an activating group) is 1. The van der Waals surface area contributed by atoms with Gasteiger partial charge in [0.05, 0.1) is 32.9 Å². The Hall–Kier alpha value is -2.38. The number of rotatable bonds is 9. The Labute approximate surface area is 228 Å². The summed E-state index contributed by atoms with van der Waals surface area (Å²) in [5.74, 6) is -0.214. The highest BCUT2D eigenvalue weighted by Gasteiger charge is 2.44. The summed E-state index contributed by atoms with van der Waals surface area (Å²) in [5.41, 5.74) is 2.97. The van der Waals surface area contributed by atoms with Gasteiger partial charge >= 0.3 is 0 Å². The molecule has 37 heavy (non-hydrogen) atoms. The molecule has 1 fully saturated rings. The highest BCUT2D eigenvalue weighted by atomic mass is 35.5. The Morgan fingerprint density at radius 1 is 1.14 bits per heavy atom. The molecular weight excluding hydrogens is 509 g/mol. The lowest BCUT2D eigenvalue weighted by Gasteiger charge is -2.49. The molecule has 2 N–H and O–H groups in total. The van der Waals surface area contributed by atoms with Crippen molar-refractivity contribution in [3.8, 4) is 16.9 Å². The van der Waals surface area contributed by atoms with E-state index >= 15 is 0 Å². The van der Waals surface area contributed by atoms with Crippen LogP contribution in [0.2, 0.25) is 10.0 Å². The van der Waals surface area contributed by atoms with Crippen molar-refractivity contribution in [2.45, 2.75) is 65.1 Å². The lowest BCUT2D eigenvalue weighted by atomic mass is 9.84. The minimum absolute atomic E-state index is 0.0696. The van der Waals surface area contributed by atoms with Crippen molar-refractivity contribution in [1.29, 1.82) is 0 Å². The maximum atomic E-state index is 12.8. The second-order valence-corrected chi connectivity index (χ2v) is 10.4. The molecule has 1 aromatic heterocycles. The molecule has 0 amide bonds. The number of phenols is 1. The fourth-order valence-electron chi connectivity index (χ4n) is 5.59. The number of ether oxygens (including phenoxy) is 1. The number of nitrogens with one attached hydrogen (secondary N) is 1. The third-order valence-corrected chi connectivity index (χ3v) is 7.98. The number of phenolic OH excluding ortho intramolecular Hbond substituents is 1. The monoisotopic (exact) mass is 543 g/mol. The number of carbonyl (C=O) groups is 1. The first-order valence-corrected chi connectivity index (χ1v) is 13.8. The van der Waals surface area contributed by atoms with Gasteiger partial charge in [-0.2, -0.15) is 0 Å². The Kier molecular flexibility index (Phi) is 8.64. The van der Waals surface area contributed by atoms with E-state index in [4.69, 9.17) is 27.9 Å². The van der Waals surface area contributed by atoms with Crippen molar-refractivity contribution in [2.75, 3.05) is 25.0 Å². The standard InChI is InChI=1S/C29H35Cl2N3O3/c1-5-34(6-2)26-10-8-9-13-29(26,37-7-3)33-27-21-14-19(20-15-23(30)28(36)24(31)16-20)11-12-25(21)32-17-22(27)18(4)35/h11-12,14-17,26,36H,5-10,13H2,1-4H3,(H,32,33). The molecule has 2 unspecified atom stereocenters. The van der Waals surface area contributed by atoms with Crippen LogP contribution < -0.4 is 5.32 Å². The number of hydrogen-bond donors (Lipinski definition) is 2. The molecule has 2 aromatic carbocycles. The average molecular weight is 545 g/mol. The molecule has 2 atom stereocenters. The molecule has 0 radical (unpaired) electrons. The van der Waals surface area contributed by atoms with Crippen LogP contribution in [0.3, 0.4) is 0 Å². The maximum Gasteiger partial charge on any atom is 0.163 e. The van der Waals surface area contributed by atoms with Crippen LogP contribution >= 0.6 is 23.2 Å². The van der Waals surface area contributed by atoms with Gasteiger partial charge in [0, 0.05) is 18.2 Å². The second-order valence-electron chi connectivity index (χ2n) is 9.55. The normalized spacial score (nSPS) is 19.9. The molecule has 1 saturated carbocycles. The van der Waals surface area contributed by atoms with E-state index < -0.39 is 5.72 Å². The van der Waals surface area contributed by atoms with Crippen LogP contribution in [0.1, 0.15) is 63.7 Å². The van der Waals surface area contributed by atoms with Crippen LogP contribution in [0.4, 0.5) is 5.69 Å². The predicted octanol–water partition coefficient (Wildman–Crippen LogP) is 7.55. The smallest absolute Gasteiger partial charge is 0.163 e. The zero-order chi connectivity index (χ0) is 26.7. The minimum atomic E-state index is -0.640. The summed E-state index contributed by atoms with van der Waals surface area (Å²) in [6.45, 7) is 10.3. The number of aromatic hydroxyl groups is 1. The largest absolute Gasteiger partial charge is 0.505 e. The van der Waals surface area contributed by atoms with Crippen LogP contribution in [0, 0.1) is 0 Å². The summed E-state index contributed by atoms with van der Waals surface area (Å²) in [6, 6.07) is 9.37. The van der Waals surface area contributed by atoms with Crippen LogP contribution in [-0.4, -0.2) is 52.2 Å². The van der Waals surface area contributed by atoms with Gasteiger partial charge in [-0.3, -0.25) is 14.7 Å². The molecule has 1 aliphatic rings. The van der Waals surface area contributed by atoms with E-state index in [1.807, 2.05) is 25.1 Å². The van der Waals surface area contributed by atoms with E-state index in [0.29, 0.717) is 12.2 Å². The zero-order valence-corrected chi connectivity index (χ0v) is 23.4. The van der Waals surface area contributed by atoms with Gasteiger partial charge in [-0.25, -0.2) is 0 Å². The lowest BCUT2D eigenvalue weighted by molar-refractivity contribution is -0.0987. The minimum Gasteiger partial charge on any atom is -0.505 e. The van der Waals surface area contributed by atoms with Gasteiger partial charge in [-0.15, -0.1) is 0 Å². The molecule has 198 valence electrons. The number of ketones is 1. The number of aromatic nitrogens is 1. The summed E-state index contributed by atoms with van der Waals surface area (Å²) in [4.78, 5) is 19.9. The highest BCUT2D eigenvalue weighted by Crippen LogP contribution is 2.41. The number of carbonyl (C=O) groups excluding carboxylic acids is 1. The van der Waals surface area contributed by atoms with E-state index in [0.717, 1.165) is 66.5 Å². The molecule has 0 bridgehead atoms. The van der Waals surface area contributed by atoms with Gasteiger partial charge in [0.1, 0.15) is 0 Å². The maximum absolute atomic E-state index is 12.8. The molecule has 1 heterocycles. The van der Waals surface area contributed by atoms with Crippen molar-refractivity contribution in [1.82, 2.24) is 9.88 Å². The van der Waals surface area contributed by atoms with Crippen molar-refractivity contribution >= 4 is 45.6 Å². The number of halogens is 2. The Morgan fingerprint density at radius 3 is 2.46 bits per heavy atom. The summed E-state index contributed by atoms with van der Waals surface area (Å²) in [6.07, 6.45) is 5.69. The Balaban J connectivity index is 1.91. The molecule has 6 nitrogen and oxygen atoms in total. The first-order chi connectivity index (χ1) is 17.7. The molecule has 4 rings (SSSR count). The molecule has 0 aliphatic heterocycles. The molecular formula is C29H35Cl2N3O3. The number of pyridine rings is 1. The van der Waals surface area contributed by atoms with Crippen molar-refractivity contribution < 1.29 is 14.6 Å². The fraction of sp³-hybridized carbons (Fsp3) is 0.448.